The topological polar surface area (TPSA) is 0 Å². The van der Waals surface area contributed by atoms with Crippen LogP contribution in [0.15, 0.2) is 43.6 Å². The number of allylic oxidation sites excluding steroid dienone is 8. The van der Waals surface area contributed by atoms with E-state index in [0.29, 0.717) is 0 Å². The standard InChI is InChI=1S/2C5H5.2ClH.Sn/c2*1-2-4-5-3-1;;;/h2*1-3H,4H2;2*1H;/q;;;;+2/p-2. The molecule has 0 N–H and O–H groups in total. The predicted octanol–water partition coefficient (Wildman–Crippen LogP) is -3.61. The molecule has 68 valence electrons. The number of hydrogen-bond acceptors (Lipinski definition) is 0. The zero-order chi connectivity index (χ0) is 7.52. The minimum atomic E-state index is -0.312. The fourth-order valence-electron chi connectivity index (χ4n) is 1.29. The van der Waals surface area contributed by atoms with Crippen LogP contribution in [-0.2, 0) is 0 Å². The molecule has 3 heteroatoms. The number of hydrogen-bond donors (Lipinski definition) is 0. The van der Waals surface area contributed by atoms with Crippen molar-refractivity contribution < 1.29 is 24.8 Å². The zero-order valence-electron chi connectivity index (χ0n) is 7.13. The molecule has 2 aliphatic rings. The fraction of sp³-hybridized carbons (Fsp3) is 0.200. The van der Waals surface area contributed by atoms with Crippen molar-refractivity contribution in [2.75, 3.05) is 0 Å². The molecule has 0 aromatic rings. The Kier molecular flexibility index (Phi) is 6.92. The third-order valence-electron chi connectivity index (χ3n) is 1.86. The van der Waals surface area contributed by atoms with Gasteiger partial charge >= 0.3 is 77.6 Å². The van der Waals surface area contributed by atoms with E-state index >= 15 is 0 Å². The summed E-state index contributed by atoms with van der Waals surface area (Å²) in [7, 11) is 0. The summed E-state index contributed by atoms with van der Waals surface area (Å²) < 4.78 is 3.45. The van der Waals surface area contributed by atoms with E-state index in [4.69, 9.17) is 0 Å². The van der Waals surface area contributed by atoms with Crippen LogP contribution < -0.4 is 24.8 Å². The van der Waals surface area contributed by atoms with E-state index in [9.17, 15) is 0 Å². The normalized spacial score (nSPS) is 16.9. The zero-order valence-corrected chi connectivity index (χ0v) is 11.5. The smallest absolute Gasteiger partial charge is 1.00 e. The third-order valence-corrected chi connectivity index (χ3v) is 5.81. The van der Waals surface area contributed by atoms with Gasteiger partial charge in [0.25, 0.3) is 0 Å². The Morgan fingerprint density at radius 1 is 0.846 bits per heavy atom. The van der Waals surface area contributed by atoms with E-state index in [1.165, 1.54) is 12.8 Å². The maximum absolute atomic E-state index is 2.31. The van der Waals surface area contributed by atoms with Crippen LogP contribution in [0.25, 0.3) is 0 Å². The molecule has 0 aromatic carbocycles. The van der Waals surface area contributed by atoms with Gasteiger partial charge in [0.05, 0.1) is 0 Å². The molecular weight excluding hydrogens is 310 g/mol. The van der Waals surface area contributed by atoms with Crippen molar-refractivity contribution in [3.05, 3.63) is 43.6 Å². The molecule has 0 unspecified atom stereocenters. The molecule has 0 fully saturated rings. The Hall–Kier alpha value is 0.339. The van der Waals surface area contributed by atoms with Gasteiger partial charge in [-0.3, -0.25) is 0 Å². The minimum absolute atomic E-state index is 0. The SMILES string of the molecule is C1=CC[C]([Sn+2][C]2=CC=CC2)=C1.[Cl-].[Cl-]. The molecule has 0 nitrogen and oxygen atoms in total. The van der Waals surface area contributed by atoms with Gasteiger partial charge in [0.2, 0.25) is 0 Å². The molecule has 0 heterocycles. The summed E-state index contributed by atoms with van der Waals surface area (Å²) >= 11 is -0.312. The Bertz CT molecular complexity index is 247. The van der Waals surface area contributed by atoms with Crippen molar-refractivity contribution in [2.24, 2.45) is 0 Å². The summed E-state index contributed by atoms with van der Waals surface area (Å²) in [6.07, 6.45) is 16.0. The summed E-state index contributed by atoms with van der Waals surface area (Å²) in [6, 6.07) is 0. The largest absolute Gasteiger partial charge is 1.00 e. The molecule has 0 amide bonds. The van der Waals surface area contributed by atoms with E-state index in [2.05, 4.69) is 36.5 Å². The maximum Gasteiger partial charge on any atom is -1.00 e. The van der Waals surface area contributed by atoms with Crippen LogP contribution in [0.4, 0.5) is 0 Å². The molecule has 0 bridgehead atoms. The van der Waals surface area contributed by atoms with Gasteiger partial charge in [0, 0.05) is 0 Å². The van der Waals surface area contributed by atoms with Crippen molar-refractivity contribution in [1.82, 2.24) is 0 Å². The summed E-state index contributed by atoms with van der Waals surface area (Å²) in [4.78, 5) is 0. The van der Waals surface area contributed by atoms with Crippen molar-refractivity contribution in [3.8, 4) is 0 Å². The third kappa shape index (κ3) is 3.92. The van der Waals surface area contributed by atoms with Crippen LogP contribution in [-0.4, -0.2) is 21.1 Å². The van der Waals surface area contributed by atoms with Crippen molar-refractivity contribution in [2.45, 2.75) is 12.8 Å². The molecule has 0 radical (unpaired) electrons. The van der Waals surface area contributed by atoms with Gasteiger partial charge in [-0.2, -0.15) is 0 Å². The average Bonchev–Trinajstić information content (AvgIpc) is 2.60. The second-order valence-corrected chi connectivity index (χ2v) is 7.15. The molecule has 0 saturated carbocycles. The predicted molar refractivity (Wildman–Crippen MR) is 49.4 cm³/mol. The van der Waals surface area contributed by atoms with Gasteiger partial charge in [0.15, 0.2) is 0 Å². The van der Waals surface area contributed by atoms with E-state index < -0.39 is 0 Å². The minimum Gasteiger partial charge on any atom is -1.00 e. The van der Waals surface area contributed by atoms with E-state index in [-0.39, 0.29) is 46.0 Å². The number of rotatable bonds is 2. The molecular formula is C10H10Cl2Sn. The molecule has 0 saturated heterocycles. The van der Waals surface area contributed by atoms with Crippen LogP contribution in [0.2, 0.25) is 0 Å². The van der Waals surface area contributed by atoms with Gasteiger partial charge < -0.3 is 24.8 Å². The van der Waals surface area contributed by atoms with E-state index in [0.717, 1.165) is 0 Å². The van der Waals surface area contributed by atoms with Crippen LogP contribution in [0.5, 0.6) is 0 Å². The van der Waals surface area contributed by atoms with Gasteiger partial charge in [-0.1, -0.05) is 0 Å². The second-order valence-electron chi connectivity index (χ2n) is 2.77. The Labute approximate surface area is 102 Å². The average molecular weight is 320 g/mol. The van der Waals surface area contributed by atoms with Gasteiger partial charge in [-0.05, 0) is 0 Å². The van der Waals surface area contributed by atoms with Crippen LogP contribution in [0.1, 0.15) is 12.8 Å². The Morgan fingerprint density at radius 3 is 1.62 bits per heavy atom. The summed E-state index contributed by atoms with van der Waals surface area (Å²) in [5, 5.41) is 0. The molecule has 13 heavy (non-hydrogen) atoms. The maximum atomic E-state index is 2.31. The van der Waals surface area contributed by atoms with E-state index in [1.807, 2.05) is 0 Å². The summed E-state index contributed by atoms with van der Waals surface area (Å²) in [5.74, 6) is 0. The van der Waals surface area contributed by atoms with Crippen molar-refractivity contribution in [3.63, 3.8) is 0 Å². The number of halogens is 2. The van der Waals surface area contributed by atoms with Gasteiger partial charge in [0.1, 0.15) is 0 Å². The quantitative estimate of drug-likeness (QED) is 0.461. The summed E-state index contributed by atoms with van der Waals surface area (Å²) in [5.41, 5.74) is 0. The summed E-state index contributed by atoms with van der Waals surface area (Å²) in [6.45, 7) is 0. The second kappa shape index (κ2) is 6.74. The van der Waals surface area contributed by atoms with Crippen molar-refractivity contribution >= 4 is 21.1 Å². The van der Waals surface area contributed by atoms with Crippen LogP contribution in [0, 0.1) is 0 Å². The Balaban J connectivity index is 0.000000720. The van der Waals surface area contributed by atoms with Crippen molar-refractivity contribution in [1.29, 1.82) is 0 Å². The van der Waals surface area contributed by atoms with Gasteiger partial charge in [-0.25, -0.2) is 0 Å². The first-order valence-electron chi connectivity index (χ1n) is 3.93. The first-order chi connectivity index (χ1) is 5.45. The molecule has 0 aromatic heterocycles. The molecule has 0 atom stereocenters. The first-order valence-corrected chi connectivity index (χ1v) is 6.79. The van der Waals surface area contributed by atoms with Crippen LogP contribution in [0.3, 0.4) is 0 Å². The molecule has 2 rings (SSSR count). The molecule has 0 aliphatic heterocycles. The fourth-order valence-corrected chi connectivity index (χ4v) is 4.74. The Morgan fingerprint density at radius 2 is 1.31 bits per heavy atom. The first kappa shape index (κ1) is 13.3. The molecule has 2 aliphatic carbocycles. The molecule has 0 spiro atoms. The van der Waals surface area contributed by atoms with Crippen LogP contribution >= 0.6 is 0 Å². The van der Waals surface area contributed by atoms with Gasteiger partial charge in [-0.15, -0.1) is 0 Å². The van der Waals surface area contributed by atoms with E-state index in [1.54, 1.807) is 7.18 Å². The monoisotopic (exact) mass is 320 g/mol.